The Bertz CT molecular complexity index is 1410. The van der Waals surface area contributed by atoms with Crippen LogP contribution in [0, 0.1) is 11.3 Å². The molecule has 0 aliphatic carbocycles. The molecule has 1 N–H and O–H groups in total. The Balaban J connectivity index is 1.46. The van der Waals surface area contributed by atoms with Crippen molar-refractivity contribution in [3.63, 3.8) is 0 Å². The number of benzene rings is 1. The number of ether oxygens (including phenoxy) is 1. The maximum absolute atomic E-state index is 12.1. The topological polar surface area (TPSA) is 104 Å². The largest absolute Gasteiger partial charge is 0.452 e. The average Bonchev–Trinajstić information content (AvgIpc) is 3.34. The fourth-order valence-electron chi connectivity index (χ4n) is 4.21. The molecule has 0 saturated carbocycles. The van der Waals surface area contributed by atoms with E-state index in [1.807, 2.05) is 30.3 Å². The van der Waals surface area contributed by atoms with Crippen molar-refractivity contribution in [1.29, 1.82) is 5.26 Å². The van der Waals surface area contributed by atoms with E-state index in [0.29, 0.717) is 39.7 Å². The molecule has 1 saturated heterocycles. The van der Waals surface area contributed by atoms with E-state index in [1.165, 1.54) is 4.90 Å². The fourth-order valence-corrected chi connectivity index (χ4v) is 4.21. The second-order valence-corrected chi connectivity index (χ2v) is 8.72. The van der Waals surface area contributed by atoms with Crippen LogP contribution in [0.3, 0.4) is 0 Å². The van der Waals surface area contributed by atoms with Gasteiger partial charge in [-0.25, -0.2) is 0 Å². The molecule has 1 amide bonds. The molecule has 1 aliphatic rings. The van der Waals surface area contributed by atoms with Gasteiger partial charge in [-0.1, -0.05) is 6.07 Å². The third-order valence-corrected chi connectivity index (χ3v) is 6.11. The minimum atomic E-state index is -0.110. The molecule has 3 aromatic heterocycles. The number of fused-ring (bicyclic) bond motifs is 1. The van der Waals surface area contributed by atoms with Crippen molar-refractivity contribution in [2.75, 3.05) is 32.6 Å². The number of rotatable bonds is 5. The molecule has 4 heterocycles. The molecule has 0 bridgehead atoms. The lowest BCUT2D eigenvalue weighted by molar-refractivity contribution is 0.0827. The number of anilines is 1. The van der Waals surface area contributed by atoms with Gasteiger partial charge in [0.25, 0.3) is 5.91 Å². The standard InChI is InChI=1S/C27H25N5O3/c1-32(2)27(33)18-4-6-23(30-16-18)25-14-24-26(35-25)21(7-10-29-24)17-3-5-22(19(13-17)15-28)31-20-8-11-34-12-9-20/h3-7,10,13-14,16,20,31H,8-9,11-12H2,1-2H3. The average molecular weight is 468 g/mol. The summed E-state index contributed by atoms with van der Waals surface area (Å²) >= 11 is 0. The number of amides is 1. The summed E-state index contributed by atoms with van der Waals surface area (Å²) < 4.78 is 11.6. The van der Waals surface area contributed by atoms with Crippen LogP contribution >= 0.6 is 0 Å². The second-order valence-electron chi connectivity index (χ2n) is 8.72. The Labute approximate surface area is 203 Å². The summed E-state index contributed by atoms with van der Waals surface area (Å²) in [6, 6.07) is 15.6. The number of furan rings is 1. The van der Waals surface area contributed by atoms with Gasteiger partial charge in [0.05, 0.1) is 16.8 Å². The molecular weight excluding hydrogens is 442 g/mol. The number of aromatic nitrogens is 2. The van der Waals surface area contributed by atoms with E-state index in [1.54, 1.807) is 38.6 Å². The van der Waals surface area contributed by atoms with Crippen LogP contribution in [0.25, 0.3) is 33.7 Å². The monoisotopic (exact) mass is 467 g/mol. The van der Waals surface area contributed by atoms with Crippen molar-refractivity contribution in [2.24, 2.45) is 0 Å². The van der Waals surface area contributed by atoms with Crippen molar-refractivity contribution in [2.45, 2.75) is 18.9 Å². The highest BCUT2D eigenvalue weighted by Gasteiger charge is 2.18. The van der Waals surface area contributed by atoms with E-state index < -0.39 is 0 Å². The molecule has 4 aromatic rings. The minimum Gasteiger partial charge on any atom is -0.452 e. The third-order valence-electron chi connectivity index (χ3n) is 6.11. The number of nitrogens with zero attached hydrogens (tertiary/aromatic N) is 4. The van der Waals surface area contributed by atoms with Crippen LogP contribution < -0.4 is 5.32 Å². The Morgan fingerprint density at radius 1 is 1.11 bits per heavy atom. The van der Waals surface area contributed by atoms with Gasteiger partial charge in [0.2, 0.25) is 0 Å². The lowest BCUT2D eigenvalue weighted by atomic mass is 10.0. The van der Waals surface area contributed by atoms with Gasteiger partial charge in [0, 0.05) is 57.4 Å². The number of carbonyl (C=O) groups is 1. The first-order valence-electron chi connectivity index (χ1n) is 11.5. The lowest BCUT2D eigenvalue weighted by Crippen LogP contribution is -2.28. The number of pyridine rings is 2. The van der Waals surface area contributed by atoms with E-state index in [2.05, 4.69) is 21.4 Å². The van der Waals surface area contributed by atoms with Crippen molar-refractivity contribution in [1.82, 2.24) is 14.9 Å². The molecule has 0 unspecified atom stereocenters. The number of hydrogen-bond donors (Lipinski definition) is 1. The van der Waals surface area contributed by atoms with Crippen LogP contribution in [0.15, 0.2) is 59.3 Å². The molecule has 176 valence electrons. The molecule has 8 nitrogen and oxygen atoms in total. The number of carbonyl (C=O) groups excluding carboxylic acids is 1. The van der Waals surface area contributed by atoms with Gasteiger partial charge in [-0.05, 0) is 48.7 Å². The molecule has 35 heavy (non-hydrogen) atoms. The molecule has 1 aromatic carbocycles. The highest BCUT2D eigenvalue weighted by molar-refractivity contribution is 5.94. The maximum Gasteiger partial charge on any atom is 0.254 e. The van der Waals surface area contributed by atoms with Crippen LogP contribution in [-0.4, -0.2) is 54.1 Å². The van der Waals surface area contributed by atoms with Gasteiger partial charge in [0.15, 0.2) is 11.3 Å². The maximum atomic E-state index is 12.1. The number of nitriles is 1. The van der Waals surface area contributed by atoms with Crippen molar-refractivity contribution >= 4 is 22.7 Å². The van der Waals surface area contributed by atoms with E-state index in [9.17, 15) is 10.1 Å². The Morgan fingerprint density at radius 3 is 2.66 bits per heavy atom. The molecule has 1 aliphatic heterocycles. The zero-order valence-electron chi connectivity index (χ0n) is 19.6. The molecule has 0 radical (unpaired) electrons. The Kier molecular flexibility index (Phi) is 6.17. The quantitative estimate of drug-likeness (QED) is 0.453. The van der Waals surface area contributed by atoms with E-state index in [-0.39, 0.29) is 5.91 Å². The van der Waals surface area contributed by atoms with Gasteiger partial charge in [-0.2, -0.15) is 5.26 Å². The van der Waals surface area contributed by atoms with Crippen molar-refractivity contribution in [3.05, 3.63) is 66.0 Å². The molecule has 0 atom stereocenters. The summed E-state index contributed by atoms with van der Waals surface area (Å²) in [6.45, 7) is 1.47. The van der Waals surface area contributed by atoms with Crippen LogP contribution in [-0.2, 0) is 4.74 Å². The SMILES string of the molecule is CN(C)C(=O)c1ccc(-c2cc3nccc(-c4ccc(NC5CCOCC5)c(C#N)c4)c3o2)nc1. The molecule has 5 rings (SSSR count). The molecule has 0 spiro atoms. The Morgan fingerprint density at radius 2 is 1.94 bits per heavy atom. The summed E-state index contributed by atoms with van der Waals surface area (Å²) in [5.41, 5.74) is 5.54. The molecular formula is C27H25N5O3. The van der Waals surface area contributed by atoms with E-state index in [4.69, 9.17) is 9.15 Å². The summed E-state index contributed by atoms with van der Waals surface area (Å²) in [5, 5.41) is 13.3. The summed E-state index contributed by atoms with van der Waals surface area (Å²) in [4.78, 5) is 22.5. The molecule has 1 fully saturated rings. The predicted octanol–water partition coefficient (Wildman–Crippen LogP) is 4.72. The van der Waals surface area contributed by atoms with Gasteiger partial charge >= 0.3 is 0 Å². The summed E-state index contributed by atoms with van der Waals surface area (Å²) in [6.07, 6.45) is 5.11. The minimum absolute atomic E-state index is 0.110. The highest BCUT2D eigenvalue weighted by Crippen LogP contribution is 2.34. The number of hydrogen-bond acceptors (Lipinski definition) is 7. The second kappa shape index (κ2) is 9.57. The van der Waals surface area contributed by atoms with Crippen LogP contribution in [0.1, 0.15) is 28.8 Å². The van der Waals surface area contributed by atoms with Crippen LogP contribution in [0.4, 0.5) is 5.69 Å². The van der Waals surface area contributed by atoms with Gasteiger partial charge < -0.3 is 19.4 Å². The summed E-state index contributed by atoms with van der Waals surface area (Å²) in [7, 11) is 3.40. The van der Waals surface area contributed by atoms with Gasteiger partial charge in [0.1, 0.15) is 17.3 Å². The normalized spacial score (nSPS) is 14.0. The van der Waals surface area contributed by atoms with Crippen molar-refractivity contribution < 1.29 is 13.9 Å². The first-order valence-corrected chi connectivity index (χ1v) is 11.5. The predicted molar refractivity (Wildman–Crippen MR) is 133 cm³/mol. The Hall–Kier alpha value is -4.22. The third kappa shape index (κ3) is 4.59. The highest BCUT2D eigenvalue weighted by atomic mass is 16.5. The lowest BCUT2D eigenvalue weighted by Gasteiger charge is -2.24. The van der Waals surface area contributed by atoms with E-state index >= 15 is 0 Å². The molecule has 8 heteroatoms. The van der Waals surface area contributed by atoms with Crippen molar-refractivity contribution in [3.8, 4) is 28.7 Å². The summed E-state index contributed by atoms with van der Waals surface area (Å²) in [5.74, 6) is 0.447. The van der Waals surface area contributed by atoms with Crippen LogP contribution in [0.2, 0.25) is 0 Å². The van der Waals surface area contributed by atoms with Gasteiger partial charge in [-0.15, -0.1) is 0 Å². The first-order chi connectivity index (χ1) is 17.0. The van der Waals surface area contributed by atoms with Gasteiger partial charge in [-0.3, -0.25) is 14.8 Å². The first kappa shape index (κ1) is 22.6. The smallest absolute Gasteiger partial charge is 0.254 e. The number of nitrogens with one attached hydrogen (secondary N) is 1. The fraction of sp³-hybridized carbons (Fsp3) is 0.259. The zero-order chi connectivity index (χ0) is 24.4. The zero-order valence-corrected chi connectivity index (χ0v) is 19.6. The van der Waals surface area contributed by atoms with E-state index in [0.717, 1.165) is 42.9 Å². The van der Waals surface area contributed by atoms with Crippen LogP contribution in [0.5, 0.6) is 0 Å².